The number of carbonyl (C=O) groups is 2. The van der Waals surface area contributed by atoms with Gasteiger partial charge in [-0.2, -0.15) is 13.2 Å². The number of carbonyl (C=O) groups excluding carboxylic acids is 1. The van der Waals surface area contributed by atoms with Crippen LogP contribution in [-0.4, -0.2) is 41.3 Å². The average Bonchev–Trinajstić information content (AvgIpc) is 3.54. The lowest BCUT2D eigenvalue weighted by molar-refractivity contribution is -0.384. The number of amides is 1. The van der Waals surface area contributed by atoms with Gasteiger partial charge in [0, 0.05) is 34.9 Å². The number of anilines is 3. The Hall–Kier alpha value is -4.95. The zero-order chi connectivity index (χ0) is 30.5. The van der Waals surface area contributed by atoms with Crippen molar-refractivity contribution in [1.29, 1.82) is 0 Å². The van der Waals surface area contributed by atoms with Crippen LogP contribution in [0.15, 0.2) is 48.5 Å². The molecule has 2 aliphatic heterocycles. The first-order valence-electron chi connectivity index (χ1n) is 12.3. The number of nitrogens with one attached hydrogen (secondary N) is 1. The number of carboxylic acids is 1. The van der Waals surface area contributed by atoms with Crippen LogP contribution in [0, 0.1) is 27.7 Å². The number of para-hydroxylation sites is 1. The van der Waals surface area contributed by atoms with Gasteiger partial charge in [0.15, 0.2) is 11.6 Å². The number of alkyl halides is 3. The molecule has 1 unspecified atom stereocenters. The molecule has 220 valence electrons. The normalized spacial score (nSPS) is 17.9. The molecule has 2 heterocycles. The van der Waals surface area contributed by atoms with E-state index in [-0.39, 0.29) is 35.0 Å². The van der Waals surface area contributed by atoms with Crippen molar-refractivity contribution in [3.8, 4) is 11.5 Å². The lowest BCUT2D eigenvalue weighted by Gasteiger charge is -2.29. The number of nitro groups is 1. The van der Waals surface area contributed by atoms with Crippen molar-refractivity contribution in [3.63, 3.8) is 0 Å². The Morgan fingerprint density at radius 2 is 1.76 bits per heavy atom. The van der Waals surface area contributed by atoms with Crippen molar-refractivity contribution in [3.05, 3.63) is 81.4 Å². The summed E-state index contributed by atoms with van der Waals surface area (Å²) in [4.78, 5) is 35.2. The highest BCUT2D eigenvalue weighted by Gasteiger charge is 2.48. The SMILES string of the molecule is CC(C(=O)O)[C@@H]1COc2cc(N(C(=O)C(F)(F)F)[C@@H]3COc4c(Nc5cc(F)c(F)cc5[N+](=O)[O-])cccc43)ccc21. The van der Waals surface area contributed by atoms with Gasteiger partial charge in [-0.1, -0.05) is 25.1 Å². The molecule has 5 rings (SSSR count). The summed E-state index contributed by atoms with van der Waals surface area (Å²) in [5.41, 5.74) is -0.883. The molecule has 1 amide bonds. The summed E-state index contributed by atoms with van der Waals surface area (Å²) in [5.74, 6) is -7.45. The van der Waals surface area contributed by atoms with Gasteiger partial charge in [-0.15, -0.1) is 0 Å². The van der Waals surface area contributed by atoms with Crippen molar-refractivity contribution in [2.75, 3.05) is 23.4 Å². The molecule has 3 aromatic carbocycles. The Morgan fingerprint density at radius 1 is 1.05 bits per heavy atom. The van der Waals surface area contributed by atoms with E-state index in [2.05, 4.69) is 5.32 Å². The molecule has 10 nitrogen and oxygen atoms in total. The second-order valence-corrected chi connectivity index (χ2v) is 9.66. The molecule has 0 bridgehead atoms. The van der Waals surface area contributed by atoms with Crippen LogP contribution in [0.1, 0.15) is 30.0 Å². The zero-order valence-corrected chi connectivity index (χ0v) is 21.4. The zero-order valence-electron chi connectivity index (χ0n) is 21.4. The first kappa shape index (κ1) is 28.6. The first-order valence-corrected chi connectivity index (χ1v) is 12.3. The summed E-state index contributed by atoms with van der Waals surface area (Å²) in [5, 5.41) is 23.3. The third-order valence-electron chi connectivity index (χ3n) is 7.15. The number of hydrogen-bond donors (Lipinski definition) is 2. The Morgan fingerprint density at radius 3 is 2.43 bits per heavy atom. The average molecular weight is 593 g/mol. The number of benzene rings is 3. The molecule has 3 atom stereocenters. The molecule has 0 aliphatic carbocycles. The van der Waals surface area contributed by atoms with Crippen LogP contribution in [-0.2, 0) is 9.59 Å². The maximum Gasteiger partial charge on any atom is 0.471 e. The van der Waals surface area contributed by atoms with Gasteiger partial charge < -0.3 is 19.9 Å². The topological polar surface area (TPSA) is 131 Å². The van der Waals surface area contributed by atoms with Crippen molar-refractivity contribution in [1.82, 2.24) is 0 Å². The summed E-state index contributed by atoms with van der Waals surface area (Å²) in [6.45, 7) is 1.01. The molecule has 15 heteroatoms. The van der Waals surface area contributed by atoms with Crippen LogP contribution in [0.3, 0.4) is 0 Å². The van der Waals surface area contributed by atoms with Crippen LogP contribution < -0.4 is 19.7 Å². The van der Waals surface area contributed by atoms with Crippen molar-refractivity contribution < 1.29 is 51.0 Å². The van der Waals surface area contributed by atoms with E-state index in [0.29, 0.717) is 22.6 Å². The van der Waals surface area contributed by atoms with E-state index in [9.17, 15) is 46.8 Å². The molecular formula is C27H20F5N3O7. The van der Waals surface area contributed by atoms with E-state index in [4.69, 9.17) is 9.47 Å². The lowest BCUT2D eigenvalue weighted by Crippen LogP contribution is -2.44. The maximum absolute atomic E-state index is 13.9. The van der Waals surface area contributed by atoms with Gasteiger partial charge in [0.25, 0.3) is 5.69 Å². The Balaban J connectivity index is 1.54. The van der Waals surface area contributed by atoms with Crippen LogP contribution in [0.5, 0.6) is 11.5 Å². The number of fused-ring (bicyclic) bond motifs is 2. The second kappa shape index (κ2) is 10.5. The van der Waals surface area contributed by atoms with Crippen LogP contribution in [0.2, 0.25) is 0 Å². The predicted molar refractivity (Wildman–Crippen MR) is 136 cm³/mol. The number of carboxylic acid groups (broad SMARTS) is 1. The molecule has 0 saturated heterocycles. The summed E-state index contributed by atoms with van der Waals surface area (Å²) in [6, 6.07) is 7.63. The van der Waals surface area contributed by atoms with Crippen molar-refractivity contribution in [2.45, 2.75) is 25.1 Å². The van der Waals surface area contributed by atoms with Gasteiger partial charge in [0.05, 0.1) is 35.2 Å². The fourth-order valence-electron chi connectivity index (χ4n) is 5.01. The van der Waals surface area contributed by atoms with Crippen LogP contribution >= 0.6 is 0 Å². The van der Waals surface area contributed by atoms with E-state index in [1.807, 2.05) is 0 Å². The van der Waals surface area contributed by atoms with Crippen molar-refractivity contribution in [2.24, 2.45) is 5.92 Å². The molecule has 0 saturated carbocycles. The fourth-order valence-corrected chi connectivity index (χ4v) is 5.01. The van der Waals surface area contributed by atoms with E-state index in [1.54, 1.807) is 0 Å². The highest BCUT2D eigenvalue weighted by molar-refractivity contribution is 5.98. The van der Waals surface area contributed by atoms with Gasteiger partial charge in [-0.25, -0.2) is 8.78 Å². The van der Waals surface area contributed by atoms with Crippen LogP contribution in [0.4, 0.5) is 44.7 Å². The van der Waals surface area contributed by atoms with Gasteiger partial charge in [0.2, 0.25) is 0 Å². The summed E-state index contributed by atoms with van der Waals surface area (Å²) < 4.78 is 80.2. The Labute approximate surface area is 233 Å². The number of aliphatic carboxylic acids is 1. The minimum absolute atomic E-state index is 0.00805. The number of halogens is 5. The Kier molecular flexibility index (Phi) is 7.12. The molecule has 0 spiro atoms. The summed E-state index contributed by atoms with van der Waals surface area (Å²) in [7, 11) is 0. The smallest absolute Gasteiger partial charge is 0.471 e. The van der Waals surface area contributed by atoms with E-state index in [0.717, 1.165) is 0 Å². The Bertz CT molecular complexity index is 1610. The summed E-state index contributed by atoms with van der Waals surface area (Å²) in [6.07, 6.45) is -5.30. The third-order valence-corrected chi connectivity index (χ3v) is 7.15. The fraction of sp³-hybridized carbons (Fsp3) is 0.259. The quantitative estimate of drug-likeness (QED) is 0.198. The van der Waals surface area contributed by atoms with Gasteiger partial charge in [-0.05, 0) is 12.1 Å². The minimum Gasteiger partial charge on any atom is -0.493 e. The van der Waals surface area contributed by atoms with E-state index in [1.165, 1.54) is 43.3 Å². The standard InChI is InChI=1S/C27H20F5N3O7/c1-12(25(36)37)16-10-41-23-7-13(5-6-14(16)23)34(26(38)27(30,31)32)22-11-42-24-15(22)3-2-4-19(24)33-20-8-17(28)18(29)9-21(20)35(39)40/h2-9,12,16,22,33H,10-11H2,1H3,(H,36,37)/t12?,16-,22+/m0/s1. The summed E-state index contributed by atoms with van der Waals surface area (Å²) >= 11 is 0. The molecule has 2 aliphatic rings. The molecule has 42 heavy (non-hydrogen) atoms. The molecule has 0 fully saturated rings. The molecule has 3 aromatic rings. The monoisotopic (exact) mass is 593 g/mol. The first-order chi connectivity index (χ1) is 19.8. The van der Waals surface area contributed by atoms with Crippen molar-refractivity contribution >= 4 is 34.6 Å². The highest BCUT2D eigenvalue weighted by Crippen LogP contribution is 2.47. The third kappa shape index (κ3) is 5.01. The number of hydrogen-bond acceptors (Lipinski definition) is 7. The number of nitro benzene ring substituents is 1. The lowest BCUT2D eigenvalue weighted by atomic mass is 9.89. The van der Waals surface area contributed by atoms with Gasteiger partial charge in [0.1, 0.15) is 23.8 Å². The number of rotatable bonds is 7. The second-order valence-electron chi connectivity index (χ2n) is 9.66. The maximum atomic E-state index is 13.9. The van der Waals surface area contributed by atoms with Crippen LogP contribution in [0.25, 0.3) is 0 Å². The number of ether oxygens (including phenoxy) is 2. The predicted octanol–water partition coefficient (Wildman–Crippen LogP) is 5.84. The largest absolute Gasteiger partial charge is 0.493 e. The van der Waals surface area contributed by atoms with E-state index >= 15 is 0 Å². The van der Waals surface area contributed by atoms with Gasteiger partial charge in [-0.3, -0.25) is 24.6 Å². The molecule has 0 aromatic heterocycles. The van der Waals surface area contributed by atoms with Gasteiger partial charge >= 0.3 is 18.1 Å². The molecular weight excluding hydrogens is 573 g/mol. The molecule has 2 N–H and O–H groups in total. The number of nitrogens with zero attached hydrogens (tertiary/aromatic N) is 2. The molecule has 0 radical (unpaired) electrons. The minimum atomic E-state index is -5.30. The van der Waals surface area contributed by atoms with E-state index < -0.39 is 70.5 Å². The highest BCUT2D eigenvalue weighted by atomic mass is 19.4.